The lowest BCUT2D eigenvalue weighted by Gasteiger charge is -2.13. The predicted octanol–water partition coefficient (Wildman–Crippen LogP) is 4.01. The molecule has 0 atom stereocenters. The van der Waals surface area contributed by atoms with Crippen LogP contribution in [0.15, 0.2) is 59.2 Å². The number of nitrogens with one attached hydrogen (secondary N) is 2. The summed E-state index contributed by atoms with van der Waals surface area (Å²) in [4.78, 5) is 35.4. The van der Waals surface area contributed by atoms with Gasteiger partial charge in [0.05, 0.1) is 24.0 Å². The van der Waals surface area contributed by atoms with Crippen LogP contribution in [0, 0.1) is 17.0 Å². The molecule has 9 heteroatoms. The molecule has 0 spiro atoms. The average Bonchev–Trinajstić information content (AvgIpc) is 3.23. The van der Waals surface area contributed by atoms with Crippen LogP contribution < -0.4 is 15.4 Å². The molecule has 0 saturated carbocycles. The molecule has 0 radical (unpaired) electrons. The number of carbonyl (C=O) groups excluding carboxylic acids is 2. The van der Waals surface area contributed by atoms with Gasteiger partial charge in [0.15, 0.2) is 5.76 Å². The summed E-state index contributed by atoms with van der Waals surface area (Å²) in [5.74, 6) is -0.498. The van der Waals surface area contributed by atoms with E-state index in [1.807, 2.05) is 0 Å². The van der Waals surface area contributed by atoms with E-state index in [2.05, 4.69) is 10.6 Å². The Balaban J connectivity index is 1.86. The predicted molar refractivity (Wildman–Crippen MR) is 105 cm³/mol. The van der Waals surface area contributed by atoms with Crippen molar-refractivity contribution in [3.05, 3.63) is 81.8 Å². The fourth-order valence-electron chi connectivity index (χ4n) is 2.74. The monoisotopic (exact) mass is 395 g/mol. The smallest absolute Gasteiger partial charge is 0.291 e. The summed E-state index contributed by atoms with van der Waals surface area (Å²) in [6.45, 7) is 1.50. The van der Waals surface area contributed by atoms with Crippen LogP contribution in [0.1, 0.15) is 26.5 Å². The Morgan fingerprint density at radius 1 is 1.07 bits per heavy atom. The first kappa shape index (κ1) is 19.6. The zero-order valence-corrected chi connectivity index (χ0v) is 15.6. The van der Waals surface area contributed by atoms with Crippen LogP contribution in [-0.2, 0) is 0 Å². The number of methoxy groups -OCH3 is 1. The van der Waals surface area contributed by atoms with Crippen molar-refractivity contribution < 1.29 is 23.7 Å². The second-order valence-corrected chi connectivity index (χ2v) is 6.01. The third-order valence-corrected chi connectivity index (χ3v) is 4.20. The van der Waals surface area contributed by atoms with Gasteiger partial charge in [-0.1, -0.05) is 6.07 Å². The van der Waals surface area contributed by atoms with Crippen molar-refractivity contribution >= 4 is 28.9 Å². The Kier molecular flexibility index (Phi) is 5.59. The van der Waals surface area contributed by atoms with E-state index in [0.717, 1.165) is 0 Å². The number of rotatable bonds is 6. The number of ether oxygens (including phenoxy) is 1. The molecular weight excluding hydrogens is 378 g/mol. The standard InChI is InChI=1S/C20H17N3O6/c1-12-14(5-3-6-16(12)23(26)27)19(24)22-15-11-13(8-9-17(15)28-2)21-20(25)18-7-4-10-29-18/h3-11H,1-2H3,(H,21,25)(H,22,24). The molecule has 2 amide bonds. The molecule has 9 nitrogen and oxygen atoms in total. The van der Waals surface area contributed by atoms with E-state index in [0.29, 0.717) is 17.1 Å². The van der Waals surface area contributed by atoms with Gasteiger partial charge in [-0.05, 0) is 43.3 Å². The Morgan fingerprint density at radius 2 is 1.86 bits per heavy atom. The normalized spacial score (nSPS) is 10.3. The highest BCUT2D eigenvalue weighted by Crippen LogP contribution is 2.29. The number of nitro groups is 1. The zero-order valence-electron chi connectivity index (χ0n) is 15.6. The molecule has 3 rings (SSSR count). The molecule has 148 valence electrons. The summed E-state index contributed by atoms with van der Waals surface area (Å²) in [6.07, 6.45) is 1.38. The summed E-state index contributed by atoms with van der Waals surface area (Å²) in [6, 6.07) is 12.1. The van der Waals surface area contributed by atoms with Gasteiger partial charge >= 0.3 is 0 Å². The maximum atomic E-state index is 12.7. The highest BCUT2D eigenvalue weighted by atomic mass is 16.6. The highest BCUT2D eigenvalue weighted by molar-refractivity contribution is 6.07. The lowest BCUT2D eigenvalue weighted by Crippen LogP contribution is -2.16. The third-order valence-electron chi connectivity index (χ3n) is 4.20. The SMILES string of the molecule is COc1ccc(NC(=O)c2ccco2)cc1NC(=O)c1cccc([N+](=O)[O-])c1C. The van der Waals surface area contributed by atoms with E-state index >= 15 is 0 Å². The number of benzene rings is 2. The summed E-state index contributed by atoms with van der Waals surface area (Å²) in [5.41, 5.74) is 0.950. The molecule has 29 heavy (non-hydrogen) atoms. The molecule has 0 aliphatic heterocycles. The maximum Gasteiger partial charge on any atom is 0.291 e. The molecule has 1 aromatic heterocycles. The van der Waals surface area contributed by atoms with Gasteiger partial charge < -0.3 is 19.8 Å². The minimum absolute atomic E-state index is 0.138. The van der Waals surface area contributed by atoms with Gasteiger partial charge in [0.2, 0.25) is 0 Å². The number of hydrogen-bond donors (Lipinski definition) is 2. The second-order valence-electron chi connectivity index (χ2n) is 6.01. The number of hydrogen-bond acceptors (Lipinski definition) is 6. The van der Waals surface area contributed by atoms with E-state index in [1.54, 1.807) is 18.2 Å². The number of amides is 2. The van der Waals surface area contributed by atoms with Crippen LogP contribution in [0.4, 0.5) is 17.1 Å². The molecule has 0 fully saturated rings. The van der Waals surface area contributed by atoms with Crippen LogP contribution in [0.5, 0.6) is 5.75 Å². The molecule has 2 N–H and O–H groups in total. The van der Waals surface area contributed by atoms with Crippen LogP contribution in [0.2, 0.25) is 0 Å². The van der Waals surface area contributed by atoms with Crippen molar-refractivity contribution in [2.75, 3.05) is 17.7 Å². The summed E-state index contributed by atoms with van der Waals surface area (Å²) in [5, 5.41) is 16.4. The fraction of sp³-hybridized carbons (Fsp3) is 0.100. The first-order chi connectivity index (χ1) is 13.9. The molecule has 0 bridgehead atoms. The van der Waals surface area contributed by atoms with Crippen molar-refractivity contribution in [2.45, 2.75) is 6.92 Å². The van der Waals surface area contributed by atoms with E-state index in [9.17, 15) is 19.7 Å². The van der Waals surface area contributed by atoms with Gasteiger partial charge in [0.1, 0.15) is 5.75 Å². The number of nitrogens with zero attached hydrogens (tertiary/aromatic N) is 1. The van der Waals surface area contributed by atoms with Gasteiger partial charge in [0.25, 0.3) is 17.5 Å². The van der Waals surface area contributed by atoms with E-state index in [4.69, 9.17) is 9.15 Å². The molecule has 0 unspecified atom stereocenters. The van der Waals surface area contributed by atoms with Gasteiger partial charge in [-0.25, -0.2) is 0 Å². The van der Waals surface area contributed by atoms with Gasteiger partial charge in [0, 0.05) is 22.9 Å². The van der Waals surface area contributed by atoms with Crippen LogP contribution in [0.25, 0.3) is 0 Å². The minimum Gasteiger partial charge on any atom is -0.495 e. The Bertz CT molecular complexity index is 1080. The van der Waals surface area contributed by atoms with E-state index in [-0.39, 0.29) is 22.6 Å². The highest BCUT2D eigenvalue weighted by Gasteiger charge is 2.19. The van der Waals surface area contributed by atoms with Crippen LogP contribution in [-0.4, -0.2) is 23.8 Å². The lowest BCUT2D eigenvalue weighted by atomic mass is 10.1. The maximum absolute atomic E-state index is 12.7. The van der Waals surface area contributed by atoms with Crippen LogP contribution >= 0.6 is 0 Å². The minimum atomic E-state index is -0.544. The molecule has 1 heterocycles. The zero-order chi connectivity index (χ0) is 21.0. The summed E-state index contributed by atoms with van der Waals surface area (Å²) in [7, 11) is 1.44. The van der Waals surface area contributed by atoms with Gasteiger partial charge in [-0.3, -0.25) is 19.7 Å². The molecule has 0 saturated heterocycles. The van der Waals surface area contributed by atoms with Crippen molar-refractivity contribution in [1.82, 2.24) is 0 Å². The first-order valence-electron chi connectivity index (χ1n) is 8.49. The van der Waals surface area contributed by atoms with Crippen molar-refractivity contribution in [1.29, 1.82) is 0 Å². The van der Waals surface area contributed by atoms with Gasteiger partial charge in [-0.2, -0.15) is 0 Å². The largest absolute Gasteiger partial charge is 0.495 e. The van der Waals surface area contributed by atoms with E-state index in [1.165, 1.54) is 50.6 Å². The first-order valence-corrected chi connectivity index (χ1v) is 8.49. The number of nitro benzene ring substituents is 1. The Morgan fingerprint density at radius 3 is 2.52 bits per heavy atom. The Labute approximate surface area is 165 Å². The molecule has 3 aromatic rings. The van der Waals surface area contributed by atoms with E-state index < -0.39 is 16.7 Å². The third kappa shape index (κ3) is 4.24. The van der Waals surface area contributed by atoms with Crippen molar-refractivity contribution in [2.24, 2.45) is 0 Å². The van der Waals surface area contributed by atoms with Crippen LogP contribution in [0.3, 0.4) is 0 Å². The second kappa shape index (κ2) is 8.26. The summed E-state index contributed by atoms with van der Waals surface area (Å²) >= 11 is 0. The van der Waals surface area contributed by atoms with Gasteiger partial charge in [-0.15, -0.1) is 0 Å². The van der Waals surface area contributed by atoms with Crippen molar-refractivity contribution in [3.8, 4) is 5.75 Å². The molecule has 2 aromatic carbocycles. The Hall–Kier alpha value is -4.14. The average molecular weight is 395 g/mol. The summed E-state index contributed by atoms with van der Waals surface area (Å²) < 4.78 is 10.3. The molecular formula is C20H17N3O6. The lowest BCUT2D eigenvalue weighted by molar-refractivity contribution is -0.385. The molecule has 0 aliphatic carbocycles. The fourth-order valence-corrected chi connectivity index (χ4v) is 2.74. The van der Waals surface area contributed by atoms with Crippen molar-refractivity contribution in [3.63, 3.8) is 0 Å². The topological polar surface area (TPSA) is 124 Å². The number of carbonyl (C=O) groups is 2. The quantitative estimate of drug-likeness (QED) is 0.480. The number of anilines is 2. The number of furan rings is 1. The molecule has 0 aliphatic rings.